The number of para-hydroxylation sites is 2. The standard InChI is InChI=1S/C38H21N5O2/c1-3-11-28-23(8-1)26-10-7-19-40-37(26)42(28)30-13-6-16-33-36(30)38(40)35-29(12-5-15-32(35)45-33)41-21-27(39-43(38)41)22-17-18-25-24-9-2-4-14-31(24)44-34(25)20-22/h1-21H/q+2. The lowest BCUT2D eigenvalue weighted by molar-refractivity contribution is -1.01. The highest BCUT2D eigenvalue weighted by atomic mass is 16.5. The van der Waals surface area contributed by atoms with E-state index in [-0.39, 0.29) is 0 Å². The minimum Gasteiger partial charge on any atom is -0.456 e. The van der Waals surface area contributed by atoms with Gasteiger partial charge < -0.3 is 9.15 Å². The highest BCUT2D eigenvalue weighted by Gasteiger charge is 2.70. The zero-order chi connectivity index (χ0) is 29.0. The molecule has 7 heteroatoms. The lowest BCUT2D eigenvalue weighted by Gasteiger charge is -2.31. The first-order chi connectivity index (χ1) is 22.3. The van der Waals surface area contributed by atoms with Crippen molar-refractivity contribution in [2.75, 3.05) is 0 Å². The Hall–Kier alpha value is -6.21. The van der Waals surface area contributed by atoms with Crippen molar-refractivity contribution in [3.8, 4) is 34.1 Å². The van der Waals surface area contributed by atoms with E-state index in [1.165, 1.54) is 16.3 Å². The van der Waals surface area contributed by atoms with Gasteiger partial charge in [0.2, 0.25) is 0 Å². The number of rotatable bonds is 1. The highest BCUT2D eigenvalue weighted by Crippen LogP contribution is 2.54. The molecule has 0 N–H and O–H groups in total. The van der Waals surface area contributed by atoms with Gasteiger partial charge in [-0.15, -0.1) is 0 Å². The van der Waals surface area contributed by atoms with Crippen molar-refractivity contribution >= 4 is 43.9 Å². The molecule has 3 aliphatic heterocycles. The van der Waals surface area contributed by atoms with E-state index in [0.717, 1.165) is 72.8 Å². The van der Waals surface area contributed by atoms with Gasteiger partial charge in [-0.3, -0.25) is 0 Å². The van der Waals surface area contributed by atoms with Crippen LogP contribution in [-0.4, -0.2) is 14.3 Å². The van der Waals surface area contributed by atoms with Gasteiger partial charge in [0.1, 0.15) is 40.1 Å². The van der Waals surface area contributed by atoms with Crippen LogP contribution in [0.3, 0.4) is 0 Å². The summed E-state index contributed by atoms with van der Waals surface area (Å²) in [6.07, 6.45) is 4.33. The fourth-order valence-corrected chi connectivity index (χ4v) is 8.29. The molecule has 7 heterocycles. The van der Waals surface area contributed by atoms with E-state index in [1.54, 1.807) is 0 Å². The summed E-state index contributed by atoms with van der Waals surface area (Å²) < 4.78 is 20.0. The van der Waals surface area contributed by atoms with Crippen molar-refractivity contribution in [3.05, 3.63) is 139 Å². The summed E-state index contributed by atoms with van der Waals surface area (Å²) in [6.45, 7) is 0. The van der Waals surface area contributed by atoms with E-state index in [9.17, 15) is 0 Å². The molecule has 7 nitrogen and oxygen atoms in total. The first kappa shape index (κ1) is 22.3. The Bertz CT molecular complexity index is 2820. The van der Waals surface area contributed by atoms with Crippen molar-refractivity contribution < 1.29 is 18.5 Å². The van der Waals surface area contributed by atoms with Gasteiger partial charge in [0.05, 0.1) is 16.4 Å². The number of ether oxygens (including phenoxy) is 1. The molecule has 0 aliphatic carbocycles. The van der Waals surface area contributed by atoms with Crippen LogP contribution in [0.25, 0.3) is 66.5 Å². The SMILES string of the molecule is c1cc2c3c(c1)-n1c4ccccc4c4ccc[n+](c41)C31c3c(cccc3-n3cc(-c4ccc5c(c4)oc4ccccc45)n[n+]31)O2. The van der Waals surface area contributed by atoms with E-state index in [2.05, 4.69) is 134 Å². The summed E-state index contributed by atoms with van der Waals surface area (Å²) in [6, 6.07) is 40.3. The van der Waals surface area contributed by atoms with Crippen molar-refractivity contribution in [1.82, 2.24) is 14.3 Å². The third-order valence-electron chi connectivity index (χ3n) is 9.99. The van der Waals surface area contributed by atoms with E-state index in [4.69, 9.17) is 14.3 Å². The molecule has 0 bridgehead atoms. The van der Waals surface area contributed by atoms with Gasteiger partial charge in [0.15, 0.2) is 22.5 Å². The summed E-state index contributed by atoms with van der Waals surface area (Å²) in [5.41, 5.74) is 9.41. The van der Waals surface area contributed by atoms with Crippen LogP contribution in [0.2, 0.25) is 0 Å². The third kappa shape index (κ3) is 2.37. The number of pyridine rings is 1. The summed E-state index contributed by atoms with van der Waals surface area (Å²) in [5.74, 6) is 1.67. The Morgan fingerprint density at radius 2 is 1.40 bits per heavy atom. The zero-order valence-corrected chi connectivity index (χ0v) is 23.7. The molecule has 12 rings (SSSR count). The molecule has 0 fully saturated rings. The number of hydrogen-bond donors (Lipinski definition) is 0. The first-order valence-electron chi connectivity index (χ1n) is 15.1. The van der Waals surface area contributed by atoms with Crippen molar-refractivity contribution in [2.45, 2.75) is 5.66 Å². The normalized spacial score (nSPS) is 16.7. The second kappa shape index (κ2) is 7.29. The smallest absolute Gasteiger partial charge is 0.423 e. The monoisotopic (exact) mass is 579 g/mol. The number of furan rings is 1. The van der Waals surface area contributed by atoms with Gasteiger partial charge in [0.25, 0.3) is 0 Å². The minimum atomic E-state index is -0.804. The summed E-state index contributed by atoms with van der Waals surface area (Å²) in [7, 11) is 0. The Morgan fingerprint density at radius 3 is 2.31 bits per heavy atom. The molecule has 5 aromatic carbocycles. The van der Waals surface area contributed by atoms with Crippen LogP contribution in [0.15, 0.2) is 132 Å². The summed E-state index contributed by atoms with van der Waals surface area (Å²) in [5, 5.41) is 10.1. The van der Waals surface area contributed by atoms with Crippen LogP contribution in [0.5, 0.6) is 11.5 Å². The molecule has 1 atom stereocenters. The van der Waals surface area contributed by atoms with Crippen molar-refractivity contribution in [1.29, 1.82) is 0 Å². The van der Waals surface area contributed by atoms with Gasteiger partial charge in [-0.1, -0.05) is 53.2 Å². The van der Waals surface area contributed by atoms with Crippen LogP contribution in [0, 0.1) is 0 Å². The molecule has 208 valence electrons. The Balaban J connectivity index is 1.22. The molecule has 0 amide bonds. The maximum atomic E-state index is 6.71. The highest BCUT2D eigenvalue weighted by molar-refractivity contribution is 6.07. The molecule has 9 aromatic rings. The largest absolute Gasteiger partial charge is 0.456 e. The quantitative estimate of drug-likeness (QED) is 0.194. The number of benzene rings is 5. The van der Waals surface area contributed by atoms with Gasteiger partial charge in [-0.2, -0.15) is 9.13 Å². The fourth-order valence-electron chi connectivity index (χ4n) is 8.29. The fraction of sp³-hybridized carbons (Fsp3) is 0.0263. The average molecular weight is 580 g/mol. The number of aromatic nitrogens is 5. The topological polar surface area (TPSA) is 52.9 Å². The molecule has 4 aromatic heterocycles. The molecule has 0 saturated heterocycles. The minimum absolute atomic E-state index is 0.804. The second-order valence-corrected chi connectivity index (χ2v) is 12.1. The van der Waals surface area contributed by atoms with Gasteiger partial charge >= 0.3 is 11.3 Å². The van der Waals surface area contributed by atoms with Gasteiger partial charge in [-0.05, 0) is 66.7 Å². The van der Waals surface area contributed by atoms with Gasteiger partial charge in [0, 0.05) is 26.8 Å². The lowest BCUT2D eigenvalue weighted by atomic mass is 9.85. The molecular weight excluding hydrogens is 558 g/mol. The Morgan fingerprint density at radius 1 is 0.644 bits per heavy atom. The third-order valence-corrected chi connectivity index (χ3v) is 9.99. The molecule has 1 spiro atoms. The average Bonchev–Trinajstić information content (AvgIpc) is 3.83. The van der Waals surface area contributed by atoms with Crippen LogP contribution >= 0.6 is 0 Å². The molecule has 0 saturated carbocycles. The molecule has 45 heavy (non-hydrogen) atoms. The first-order valence-corrected chi connectivity index (χ1v) is 15.1. The van der Waals surface area contributed by atoms with E-state index >= 15 is 0 Å². The molecule has 0 radical (unpaired) electrons. The van der Waals surface area contributed by atoms with Crippen LogP contribution in [-0.2, 0) is 5.66 Å². The Labute approximate surface area is 254 Å². The maximum Gasteiger partial charge on any atom is 0.423 e. The molecule has 1 unspecified atom stereocenters. The zero-order valence-electron chi connectivity index (χ0n) is 23.7. The van der Waals surface area contributed by atoms with Crippen molar-refractivity contribution in [3.63, 3.8) is 0 Å². The van der Waals surface area contributed by atoms with Gasteiger partial charge in [-0.25, -0.2) is 0 Å². The van der Waals surface area contributed by atoms with Crippen molar-refractivity contribution in [2.24, 2.45) is 0 Å². The Kier molecular flexibility index (Phi) is 3.62. The maximum absolute atomic E-state index is 6.71. The molecular formula is C38H21N5O2+2. The predicted molar refractivity (Wildman–Crippen MR) is 169 cm³/mol. The summed E-state index contributed by atoms with van der Waals surface area (Å²) >= 11 is 0. The van der Waals surface area contributed by atoms with E-state index in [0.29, 0.717) is 0 Å². The van der Waals surface area contributed by atoms with Crippen LogP contribution in [0.1, 0.15) is 11.1 Å². The second-order valence-electron chi connectivity index (χ2n) is 12.1. The number of fused-ring (bicyclic) bond motifs is 9. The lowest BCUT2D eigenvalue weighted by Crippen LogP contribution is -2.77. The van der Waals surface area contributed by atoms with E-state index < -0.39 is 5.66 Å². The number of nitrogens with zero attached hydrogens (tertiary/aromatic N) is 5. The van der Waals surface area contributed by atoms with Crippen LogP contribution < -0.4 is 14.1 Å². The van der Waals surface area contributed by atoms with Crippen LogP contribution in [0.4, 0.5) is 0 Å². The summed E-state index contributed by atoms with van der Waals surface area (Å²) in [4.78, 5) is 2.16. The molecule has 3 aliphatic rings. The number of hydrogen-bond acceptors (Lipinski definition) is 3. The van der Waals surface area contributed by atoms with E-state index in [1.807, 2.05) is 12.1 Å². The predicted octanol–water partition coefficient (Wildman–Crippen LogP) is 7.14.